The van der Waals surface area contributed by atoms with Crippen LogP contribution in [0.1, 0.15) is 12.5 Å². The average molecular weight is 371 g/mol. The predicted molar refractivity (Wildman–Crippen MR) is 88.5 cm³/mol. The summed E-state index contributed by atoms with van der Waals surface area (Å²) in [5.41, 5.74) is 0.454. The van der Waals surface area contributed by atoms with Gasteiger partial charge in [0.15, 0.2) is 11.9 Å². The third-order valence-corrected chi connectivity index (χ3v) is 3.46. The highest BCUT2D eigenvalue weighted by Crippen LogP contribution is 2.22. The highest BCUT2D eigenvalue weighted by molar-refractivity contribution is 6.36. The summed E-state index contributed by atoms with van der Waals surface area (Å²) in [5.74, 6) is -1.59. The summed E-state index contributed by atoms with van der Waals surface area (Å²) in [4.78, 5) is 27.7. The summed E-state index contributed by atoms with van der Waals surface area (Å²) in [6, 6.07) is 7.00. The summed E-state index contributed by atoms with van der Waals surface area (Å²) < 4.78 is 18.1. The average Bonchev–Trinajstić information content (AvgIpc) is 2.49. The molecule has 1 aromatic heterocycles. The number of rotatable bonds is 5. The summed E-state index contributed by atoms with van der Waals surface area (Å²) in [6.07, 6.45) is 0.110. The Hall–Kier alpha value is -2.18. The Labute approximate surface area is 147 Å². The minimum Gasteiger partial charge on any atom is -0.452 e. The first-order valence-corrected chi connectivity index (χ1v) is 7.66. The number of pyridine rings is 1. The first-order chi connectivity index (χ1) is 11.3. The van der Waals surface area contributed by atoms with Crippen LogP contribution < -0.4 is 5.32 Å². The van der Waals surface area contributed by atoms with Crippen LogP contribution in [-0.2, 0) is 20.7 Å². The number of ether oxygens (including phenoxy) is 1. The molecule has 0 aliphatic carbocycles. The van der Waals surface area contributed by atoms with E-state index in [1.807, 2.05) is 0 Å². The van der Waals surface area contributed by atoms with Crippen molar-refractivity contribution in [2.45, 2.75) is 19.4 Å². The van der Waals surface area contributed by atoms with E-state index in [0.29, 0.717) is 10.6 Å². The molecule has 1 N–H and O–H groups in total. The first-order valence-electron chi connectivity index (χ1n) is 6.91. The molecule has 0 unspecified atom stereocenters. The number of aromatic nitrogens is 1. The van der Waals surface area contributed by atoms with E-state index in [-0.39, 0.29) is 17.3 Å². The lowest BCUT2D eigenvalue weighted by Gasteiger charge is -2.14. The Morgan fingerprint density at radius 2 is 2.08 bits per heavy atom. The Bertz CT molecular complexity index is 771. The fourth-order valence-corrected chi connectivity index (χ4v) is 2.26. The quantitative estimate of drug-likeness (QED) is 0.815. The Morgan fingerprint density at radius 3 is 2.75 bits per heavy atom. The van der Waals surface area contributed by atoms with Crippen LogP contribution in [0.25, 0.3) is 0 Å². The number of esters is 1. The molecule has 0 spiro atoms. The summed E-state index contributed by atoms with van der Waals surface area (Å²) in [6.45, 7) is 1.41. The number of amides is 1. The van der Waals surface area contributed by atoms with Gasteiger partial charge < -0.3 is 10.1 Å². The Morgan fingerprint density at radius 1 is 1.33 bits per heavy atom. The van der Waals surface area contributed by atoms with Gasteiger partial charge in [-0.3, -0.25) is 9.59 Å². The van der Waals surface area contributed by atoms with Gasteiger partial charge in [-0.05, 0) is 30.7 Å². The minimum atomic E-state index is -1.07. The summed E-state index contributed by atoms with van der Waals surface area (Å²) in [5, 5.41) is 2.93. The van der Waals surface area contributed by atoms with Gasteiger partial charge in [0, 0.05) is 6.20 Å². The van der Waals surface area contributed by atoms with Gasteiger partial charge >= 0.3 is 5.97 Å². The Kier molecular flexibility index (Phi) is 6.11. The number of anilines is 1. The molecule has 126 valence electrons. The second kappa shape index (κ2) is 8.08. The molecule has 0 radical (unpaired) electrons. The van der Waals surface area contributed by atoms with Crippen molar-refractivity contribution in [2.24, 2.45) is 0 Å². The lowest BCUT2D eigenvalue weighted by molar-refractivity contribution is -0.152. The van der Waals surface area contributed by atoms with Gasteiger partial charge in [-0.25, -0.2) is 9.37 Å². The van der Waals surface area contributed by atoms with Crippen molar-refractivity contribution >= 4 is 40.9 Å². The number of carbonyl (C=O) groups is 2. The number of benzene rings is 1. The molecule has 1 amide bonds. The fourth-order valence-electron chi connectivity index (χ4n) is 1.83. The molecule has 1 atom stereocenters. The number of nitrogens with zero attached hydrogens (tertiary/aromatic N) is 1. The second-order valence-corrected chi connectivity index (χ2v) is 5.76. The van der Waals surface area contributed by atoms with Gasteiger partial charge in [-0.1, -0.05) is 35.3 Å². The van der Waals surface area contributed by atoms with Crippen LogP contribution in [-0.4, -0.2) is 23.0 Å². The molecule has 24 heavy (non-hydrogen) atoms. The zero-order chi connectivity index (χ0) is 17.7. The van der Waals surface area contributed by atoms with Crippen LogP contribution >= 0.6 is 23.2 Å². The maximum atomic E-state index is 13.1. The highest BCUT2D eigenvalue weighted by Gasteiger charge is 2.19. The van der Waals surface area contributed by atoms with E-state index in [1.165, 1.54) is 37.4 Å². The topological polar surface area (TPSA) is 68.3 Å². The third-order valence-electron chi connectivity index (χ3n) is 2.96. The van der Waals surface area contributed by atoms with Crippen LogP contribution in [0.4, 0.5) is 10.2 Å². The second-order valence-electron chi connectivity index (χ2n) is 4.91. The lowest BCUT2D eigenvalue weighted by atomic mass is 10.1. The predicted octanol–water partition coefficient (Wildman–Crippen LogP) is 3.64. The molecule has 8 heteroatoms. The number of halogens is 3. The van der Waals surface area contributed by atoms with Crippen LogP contribution in [0.5, 0.6) is 0 Å². The number of hydrogen-bond donors (Lipinski definition) is 1. The molecule has 0 saturated heterocycles. The number of carbonyl (C=O) groups excluding carboxylic acids is 2. The summed E-state index contributed by atoms with van der Waals surface area (Å²) >= 11 is 11.6. The van der Waals surface area contributed by atoms with Crippen molar-refractivity contribution in [1.82, 2.24) is 4.98 Å². The lowest BCUT2D eigenvalue weighted by Crippen LogP contribution is -2.30. The van der Waals surface area contributed by atoms with Crippen molar-refractivity contribution < 1.29 is 18.7 Å². The minimum absolute atomic E-state index is 0.110. The van der Waals surface area contributed by atoms with Crippen LogP contribution in [0.15, 0.2) is 36.5 Å². The van der Waals surface area contributed by atoms with Gasteiger partial charge in [0.25, 0.3) is 5.91 Å². The van der Waals surface area contributed by atoms with Gasteiger partial charge in [0.05, 0.1) is 16.5 Å². The molecule has 0 fully saturated rings. The molecule has 1 heterocycles. The molecule has 2 rings (SSSR count). The number of hydrogen-bond acceptors (Lipinski definition) is 4. The molecule has 0 saturated carbocycles. The van der Waals surface area contributed by atoms with Crippen molar-refractivity contribution in [3.63, 3.8) is 0 Å². The van der Waals surface area contributed by atoms with E-state index < -0.39 is 23.8 Å². The molecule has 0 aliphatic heterocycles. The molecule has 0 aliphatic rings. The van der Waals surface area contributed by atoms with Crippen molar-refractivity contribution in [3.8, 4) is 0 Å². The SMILES string of the molecule is C[C@@H](OC(=O)Cc1cccc(F)c1)C(=O)Nc1ncc(Cl)cc1Cl. The molecule has 2 aromatic rings. The molecule has 5 nitrogen and oxygen atoms in total. The molecule has 1 aromatic carbocycles. The summed E-state index contributed by atoms with van der Waals surface area (Å²) in [7, 11) is 0. The molecular weight excluding hydrogens is 358 g/mol. The van der Waals surface area contributed by atoms with E-state index in [9.17, 15) is 14.0 Å². The van der Waals surface area contributed by atoms with Crippen LogP contribution in [0.2, 0.25) is 10.0 Å². The van der Waals surface area contributed by atoms with Gasteiger partial charge in [0.1, 0.15) is 5.82 Å². The smallest absolute Gasteiger partial charge is 0.311 e. The van der Waals surface area contributed by atoms with E-state index in [0.717, 1.165) is 0 Å². The maximum absolute atomic E-state index is 13.1. The zero-order valence-corrected chi connectivity index (χ0v) is 14.1. The third kappa shape index (κ3) is 5.18. The largest absolute Gasteiger partial charge is 0.452 e. The van der Waals surface area contributed by atoms with Crippen molar-refractivity contribution in [2.75, 3.05) is 5.32 Å². The van der Waals surface area contributed by atoms with E-state index >= 15 is 0 Å². The van der Waals surface area contributed by atoms with E-state index in [1.54, 1.807) is 6.07 Å². The van der Waals surface area contributed by atoms with Crippen LogP contribution in [0, 0.1) is 5.82 Å². The van der Waals surface area contributed by atoms with Crippen molar-refractivity contribution in [3.05, 3.63) is 58.0 Å². The van der Waals surface area contributed by atoms with Crippen LogP contribution in [0.3, 0.4) is 0 Å². The van der Waals surface area contributed by atoms with Gasteiger partial charge in [-0.15, -0.1) is 0 Å². The number of nitrogens with one attached hydrogen (secondary N) is 1. The standard InChI is InChI=1S/C16H13Cl2FN2O3/c1-9(16(23)21-15-13(18)7-11(17)8-20-15)24-14(22)6-10-3-2-4-12(19)5-10/h2-5,7-9H,6H2,1H3,(H,20,21,23)/t9-/m1/s1. The zero-order valence-electron chi connectivity index (χ0n) is 12.6. The molecule has 0 bridgehead atoms. The fraction of sp³-hybridized carbons (Fsp3) is 0.188. The monoisotopic (exact) mass is 370 g/mol. The maximum Gasteiger partial charge on any atom is 0.311 e. The first kappa shape index (κ1) is 18.2. The Balaban J connectivity index is 1.92. The molecular formula is C16H13Cl2FN2O3. The van der Waals surface area contributed by atoms with E-state index in [4.69, 9.17) is 27.9 Å². The van der Waals surface area contributed by atoms with Gasteiger partial charge in [0.2, 0.25) is 0 Å². The van der Waals surface area contributed by atoms with E-state index in [2.05, 4.69) is 10.3 Å². The highest BCUT2D eigenvalue weighted by atomic mass is 35.5. The normalized spacial score (nSPS) is 11.7. The van der Waals surface area contributed by atoms with Crippen molar-refractivity contribution in [1.29, 1.82) is 0 Å². The van der Waals surface area contributed by atoms with Gasteiger partial charge in [-0.2, -0.15) is 0 Å².